The summed E-state index contributed by atoms with van der Waals surface area (Å²) in [6.07, 6.45) is 1.45. The predicted molar refractivity (Wildman–Crippen MR) is 88.5 cm³/mol. The fourth-order valence-electron chi connectivity index (χ4n) is 2.70. The Bertz CT molecular complexity index is 557. The molecular weight excluding hydrogens is 294 g/mol. The van der Waals surface area contributed by atoms with Crippen LogP contribution in [0.1, 0.15) is 32.3 Å². The van der Waals surface area contributed by atoms with Gasteiger partial charge in [-0.2, -0.15) is 0 Å². The maximum absolute atomic E-state index is 12.5. The van der Waals surface area contributed by atoms with E-state index in [-0.39, 0.29) is 24.3 Å². The number of hydrogen-bond acceptors (Lipinski definition) is 4. The third-order valence-corrected chi connectivity index (χ3v) is 4.25. The monoisotopic (exact) mass is 319 g/mol. The van der Waals surface area contributed by atoms with Crippen LogP contribution in [0.15, 0.2) is 24.3 Å². The summed E-state index contributed by atoms with van der Waals surface area (Å²) in [5.41, 5.74) is 7.37. The molecule has 1 saturated heterocycles. The zero-order valence-electron chi connectivity index (χ0n) is 13.7. The van der Waals surface area contributed by atoms with E-state index in [1.807, 2.05) is 13.8 Å². The van der Waals surface area contributed by atoms with Crippen molar-refractivity contribution in [2.24, 2.45) is 11.7 Å². The maximum atomic E-state index is 12.5. The largest absolute Gasteiger partial charge is 0.392 e. The summed E-state index contributed by atoms with van der Waals surface area (Å²) < 4.78 is 0. The van der Waals surface area contributed by atoms with E-state index in [0.29, 0.717) is 18.7 Å². The Morgan fingerprint density at radius 1 is 1.35 bits per heavy atom. The molecule has 0 aliphatic carbocycles. The number of anilines is 1. The van der Waals surface area contributed by atoms with Crippen LogP contribution in [0, 0.1) is 5.92 Å². The Morgan fingerprint density at radius 2 is 2.00 bits per heavy atom. The van der Waals surface area contributed by atoms with Crippen LogP contribution in [-0.2, 0) is 16.2 Å². The van der Waals surface area contributed by atoms with Crippen LogP contribution in [0.25, 0.3) is 0 Å². The molecule has 23 heavy (non-hydrogen) atoms. The zero-order chi connectivity index (χ0) is 17.0. The first kappa shape index (κ1) is 17.4. The Morgan fingerprint density at radius 3 is 2.57 bits per heavy atom. The lowest BCUT2D eigenvalue weighted by Gasteiger charge is -2.28. The van der Waals surface area contributed by atoms with Crippen LogP contribution >= 0.6 is 0 Å². The molecule has 0 saturated carbocycles. The fourth-order valence-corrected chi connectivity index (χ4v) is 2.70. The van der Waals surface area contributed by atoms with Crippen molar-refractivity contribution in [1.82, 2.24) is 4.90 Å². The average Bonchev–Trinajstić information content (AvgIpc) is 3.03. The first-order chi connectivity index (χ1) is 10.9. The molecule has 1 aromatic rings. The van der Waals surface area contributed by atoms with Crippen molar-refractivity contribution in [3.8, 4) is 0 Å². The summed E-state index contributed by atoms with van der Waals surface area (Å²) in [5.74, 6) is -0.310. The second-order valence-electron chi connectivity index (χ2n) is 6.30. The van der Waals surface area contributed by atoms with Crippen LogP contribution in [0.4, 0.5) is 5.69 Å². The van der Waals surface area contributed by atoms with E-state index < -0.39 is 12.1 Å². The number of nitrogens with two attached hydrogens (primary N) is 1. The molecule has 0 unspecified atom stereocenters. The molecule has 2 amide bonds. The van der Waals surface area contributed by atoms with Gasteiger partial charge in [0.15, 0.2) is 0 Å². The van der Waals surface area contributed by atoms with E-state index in [4.69, 9.17) is 10.8 Å². The Labute approximate surface area is 136 Å². The number of benzene rings is 1. The minimum atomic E-state index is -0.577. The highest BCUT2D eigenvalue weighted by molar-refractivity contribution is 5.98. The smallest absolute Gasteiger partial charge is 0.247 e. The van der Waals surface area contributed by atoms with Gasteiger partial charge in [0.25, 0.3) is 0 Å². The number of carbonyl (C=O) groups is 2. The molecule has 2 atom stereocenters. The lowest BCUT2D eigenvalue weighted by atomic mass is 10.0. The molecule has 1 aromatic carbocycles. The second kappa shape index (κ2) is 7.57. The van der Waals surface area contributed by atoms with Crippen molar-refractivity contribution >= 4 is 17.5 Å². The minimum absolute atomic E-state index is 0.0355. The molecular formula is C17H25N3O3. The van der Waals surface area contributed by atoms with Crippen molar-refractivity contribution in [1.29, 1.82) is 0 Å². The highest BCUT2D eigenvalue weighted by Crippen LogP contribution is 2.21. The normalized spacial score (nSPS) is 19.0. The molecule has 0 spiro atoms. The highest BCUT2D eigenvalue weighted by atomic mass is 16.3. The van der Waals surface area contributed by atoms with E-state index in [1.54, 1.807) is 29.2 Å². The molecule has 4 N–H and O–H groups in total. The number of carbonyl (C=O) groups excluding carboxylic acids is 2. The van der Waals surface area contributed by atoms with E-state index in [9.17, 15) is 9.59 Å². The van der Waals surface area contributed by atoms with Gasteiger partial charge in [-0.15, -0.1) is 0 Å². The molecule has 1 fully saturated rings. The standard InChI is InChI=1S/C17H25N3O3/c1-11(2)15(18)17(23)20-9-3-4-14(20)16(22)19-13-7-5-12(10-21)6-8-13/h5-8,11,14-15,21H,3-4,9-10,18H2,1-2H3,(H,19,22)/t14-,15-/m0/s1. The SMILES string of the molecule is CC(C)[C@H](N)C(=O)N1CCC[C@H]1C(=O)Nc1ccc(CO)cc1. The molecule has 126 valence electrons. The number of hydrogen-bond donors (Lipinski definition) is 3. The van der Waals surface area contributed by atoms with Crippen LogP contribution in [0.3, 0.4) is 0 Å². The van der Waals surface area contributed by atoms with Crippen molar-refractivity contribution < 1.29 is 14.7 Å². The first-order valence-corrected chi connectivity index (χ1v) is 8.00. The van der Waals surface area contributed by atoms with Crippen LogP contribution < -0.4 is 11.1 Å². The summed E-state index contributed by atoms with van der Waals surface area (Å²) in [6.45, 7) is 4.33. The summed E-state index contributed by atoms with van der Waals surface area (Å²) in [6, 6.07) is 5.94. The van der Waals surface area contributed by atoms with Gasteiger partial charge in [0.1, 0.15) is 6.04 Å². The lowest BCUT2D eigenvalue weighted by Crippen LogP contribution is -2.51. The van der Waals surface area contributed by atoms with Crippen LogP contribution in [0.5, 0.6) is 0 Å². The molecule has 0 bridgehead atoms. The van der Waals surface area contributed by atoms with Gasteiger partial charge in [0, 0.05) is 12.2 Å². The number of likely N-dealkylation sites (tertiary alicyclic amines) is 1. The topological polar surface area (TPSA) is 95.7 Å². The van der Waals surface area contributed by atoms with E-state index >= 15 is 0 Å². The van der Waals surface area contributed by atoms with Gasteiger partial charge in [-0.05, 0) is 36.5 Å². The Balaban J connectivity index is 2.03. The number of nitrogens with one attached hydrogen (secondary N) is 1. The summed E-state index contributed by atoms with van der Waals surface area (Å²) in [5, 5.41) is 11.9. The predicted octanol–water partition coefficient (Wildman–Crippen LogP) is 1.09. The Kier molecular flexibility index (Phi) is 5.74. The van der Waals surface area contributed by atoms with E-state index in [0.717, 1.165) is 12.0 Å². The summed E-state index contributed by atoms with van der Waals surface area (Å²) in [4.78, 5) is 26.5. The van der Waals surface area contributed by atoms with E-state index in [1.165, 1.54) is 0 Å². The van der Waals surface area contributed by atoms with Crippen molar-refractivity contribution in [3.63, 3.8) is 0 Å². The highest BCUT2D eigenvalue weighted by Gasteiger charge is 2.36. The average molecular weight is 319 g/mol. The summed E-state index contributed by atoms with van der Waals surface area (Å²) in [7, 11) is 0. The molecule has 6 heteroatoms. The summed E-state index contributed by atoms with van der Waals surface area (Å²) >= 11 is 0. The van der Waals surface area contributed by atoms with Crippen LogP contribution in [-0.4, -0.2) is 40.4 Å². The van der Waals surface area contributed by atoms with Crippen molar-refractivity contribution in [2.45, 2.75) is 45.4 Å². The molecule has 1 aliphatic rings. The van der Waals surface area contributed by atoms with Crippen molar-refractivity contribution in [3.05, 3.63) is 29.8 Å². The number of aliphatic hydroxyl groups is 1. The third-order valence-electron chi connectivity index (χ3n) is 4.25. The number of rotatable bonds is 5. The van der Waals surface area contributed by atoms with Crippen LogP contribution in [0.2, 0.25) is 0 Å². The van der Waals surface area contributed by atoms with Gasteiger partial charge >= 0.3 is 0 Å². The molecule has 2 rings (SSSR count). The quantitative estimate of drug-likeness (QED) is 0.757. The van der Waals surface area contributed by atoms with Gasteiger partial charge in [-0.25, -0.2) is 0 Å². The zero-order valence-corrected chi connectivity index (χ0v) is 13.7. The molecule has 0 aromatic heterocycles. The first-order valence-electron chi connectivity index (χ1n) is 8.00. The minimum Gasteiger partial charge on any atom is -0.392 e. The third kappa shape index (κ3) is 4.09. The van der Waals surface area contributed by atoms with Crippen molar-refractivity contribution in [2.75, 3.05) is 11.9 Å². The molecule has 1 heterocycles. The van der Waals surface area contributed by atoms with Gasteiger partial charge < -0.3 is 21.1 Å². The lowest BCUT2D eigenvalue weighted by molar-refractivity contribution is -0.138. The van der Waals surface area contributed by atoms with Gasteiger partial charge in [-0.1, -0.05) is 26.0 Å². The molecule has 0 radical (unpaired) electrons. The van der Waals surface area contributed by atoms with Gasteiger partial charge in [0.05, 0.1) is 12.6 Å². The second-order valence-corrected chi connectivity index (χ2v) is 6.30. The van der Waals surface area contributed by atoms with E-state index in [2.05, 4.69) is 5.32 Å². The number of amides is 2. The molecule has 6 nitrogen and oxygen atoms in total. The number of nitrogens with zero attached hydrogens (tertiary/aromatic N) is 1. The Hall–Kier alpha value is -1.92. The molecule has 1 aliphatic heterocycles. The van der Waals surface area contributed by atoms with Gasteiger partial charge in [0.2, 0.25) is 11.8 Å². The number of aliphatic hydroxyl groups excluding tert-OH is 1. The van der Waals surface area contributed by atoms with Gasteiger partial charge in [-0.3, -0.25) is 9.59 Å². The maximum Gasteiger partial charge on any atom is 0.247 e. The fraction of sp³-hybridized carbons (Fsp3) is 0.529.